The van der Waals surface area contributed by atoms with Gasteiger partial charge in [0.1, 0.15) is 12.6 Å². The first-order chi connectivity index (χ1) is 16.3. The molecule has 1 atom stereocenters. The van der Waals surface area contributed by atoms with Crippen molar-refractivity contribution in [2.75, 3.05) is 31.5 Å². The molecule has 0 fully saturated rings. The fourth-order valence-corrected chi connectivity index (χ4v) is 4.78. The second-order valence-corrected chi connectivity index (χ2v) is 11.3. The Kier molecular flexibility index (Phi) is 9.85. The Morgan fingerprint density at radius 3 is 2.17 bits per heavy atom. The van der Waals surface area contributed by atoms with E-state index in [0.29, 0.717) is 12.1 Å². The fourth-order valence-electron chi connectivity index (χ4n) is 3.67. The zero-order valence-electron chi connectivity index (χ0n) is 21.8. The molecule has 0 spiro atoms. The van der Waals surface area contributed by atoms with Crippen molar-refractivity contribution >= 4 is 27.7 Å². The van der Waals surface area contributed by atoms with Gasteiger partial charge < -0.3 is 10.2 Å². The molecule has 0 aliphatic carbocycles. The summed E-state index contributed by atoms with van der Waals surface area (Å²) in [6, 6.07) is 14.3. The summed E-state index contributed by atoms with van der Waals surface area (Å²) in [6.45, 7) is 8.92. The highest BCUT2D eigenvalue weighted by molar-refractivity contribution is 7.90. The molecule has 0 saturated heterocycles. The number of anilines is 1. The van der Waals surface area contributed by atoms with Gasteiger partial charge in [0.15, 0.2) is 0 Å². The molecule has 9 heteroatoms. The lowest BCUT2D eigenvalue weighted by Gasteiger charge is -2.33. The van der Waals surface area contributed by atoms with Crippen molar-refractivity contribution in [1.82, 2.24) is 14.5 Å². The molecule has 1 N–H and O–H groups in total. The van der Waals surface area contributed by atoms with Crippen LogP contribution in [0.15, 0.2) is 48.5 Å². The van der Waals surface area contributed by atoms with Gasteiger partial charge in [0.05, 0.1) is 5.69 Å². The molecule has 2 aromatic rings. The van der Waals surface area contributed by atoms with Crippen LogP contribution in [-0.4, -0.2) is 68.7 Å². The Morgan fingerprint density at radius 1 is 0.971 bits per heavy atom. The van der Waals surface area contributed by atoms with E-state index >= 15 is 0 Å². The number of nitrogens with zero attached hydrogens (tertiary/aromatic N) is 3. The Morgan fingerprint density at radius 2 is 1.60 bits per heavy atom. The van der Waals surface area contributed by atoms with E-state index in [1.165, 1.54) is 19.0 Å². The first-order valence-electron chi connectivity index (χ1n) is 11.8. The van der Waals surface area contributed by atoms with E-state index in [-0.39, 0.29) is 18.5 Å². The average Bonchev–Trinajstić information content (AvgIpc) is 2.79. The van der Waals surface area contributed by atoms with Gasteiger partial charge in [0.25, 0.3) is 0 Å². The van der Waals surface area contributed by atoms with E-state index in [1.807, 2.05) is 70.2 Å². The number of hydrogen-bond donors (Lipinski definition) is 1. The van der Waals surface area contributed by atoms with Gasteiger partial charge in [-0.25, -0.2) is 4.31 Å². The van der Waals surface area contributed by atoms with Gasteiger partial charge >= 0.3 is 10.2 Å². The van der Waals surface area contributed by atoms with Gasteiger partial charge in [0, 0.05) is 26.7 Å². The maximum Gasteiger partial charge on any atom is 0.304 e. The predicted molar refractivity (Wildman–Crippen MR) is 140 cm³/mol. The topological polar surface area (TPSA) is 90.0 Å². The highest BCUT2D eigenvalue weighted by Crippen LogP contribution is 2.25. The van der Waals surface area contributed by atoms with Crippen LogP contribution < -0.4 is 9.62 Å². The highest BCUT2D eigenvalue weighted by Gasteiger charge is 2.33. The molecular formula is C26H38N4O4S. The molecule has 0 saturated carbocycles. The normalized spacial score (nSPS) is 12.5. The van der Waals surface area contributed by atoms with Crippen molar-refractivity contribution in [3.63, 3.8) is 0 Å². The van der Waals surface area contributed by atoms with Gasteiger partial charge in [-0.3, -0.25) is 9.59 Å². The largest absolute Gasteiger partial charge is 0.352 e. The van der Waals surface area contributed by atoms with E-state index < -0.39 is 28.7 Å². The Labute approximate surface area is 210 Å². The van der Waals surface area contributed by atoms with Gasteiger partial charge in [-0.2, -0.15) is 12.7 Å². The fraction of sp³-hybridized carbons (Fsp3) is 0.462. The summed E-state index contributed by atoms with van der Waals surface area (Å²) in [5.41, 5.74) is 3.07. The van der Waals surface area contributed by atoms with Crippen LogP contribution in [0.4, 0.5) is 5.69 Å². The van der Waals surface area contributed by atoms with Crippen LogP contribution in [0.2, 0.25) is 0 Å². The van der Waals surface area contributed by atoms with Crippen molar-refractivity contribution in [1.29, 1.82) is 0 Å². The number of benzene rings is 2. The highest BCUT2D eigenvalue weighted by atomic mass is 32.2. The van der Waals surface area contributed by atoms with Crippen LogP contribution in [0.1, 0.15) is 37.5 Å². The average molecular weight is 503 g/mol. The molecule has 0 aromatic heterocycles. The lowest BCUT2D eigenvalue weighted by Crippen LogP contribution is -2.54. The van der Waals surface area contributed by atoms with E-state index in [2.05, 4.69) is 5.32 Å². The molecule has 0 heterocycles. The van der Waals surface area contributed by atoms with Crippen LogP contribution in [0.25, 0.3) is 0 Å². The van der Waals surface area contributed by atoms with E-state index in [9.17, 15) is 18.0 Å². The summed E-state index contributed by atoms with van der Waals surface area (Å²) >= 11 is 0. The number of carbonyl (C=O) groups is 2. The molecule has 35 heavy (non-hydrogen) atoms. The van der Waals surface area contributed by atoms with Gasteiger partial charge in [-0.1, -0.05) is 42.5 Å². The lowest BCUT2D eigenvalue weighted by atomic mass is 10.1. The summed E-state index contributed by atoms with van der Waals surface area (Å²) in [5.74, 6) is -0.728. The smallest absolute Gasteiger partial charge is 0.304 e. The number of hydrogen-bond acceptors (Lipinski definition) is 4. The number of rotatable bonds is 11. The third kappa shape index (κ3) is 7.53. The standard InChI is InChI=1S/C26H38N4O4S/c1-19(2)27-26(32)22(5)29(16-15-23-11-9-8-10-12-23)25(31)18-30(35(33,34)28(6)7)24-17-20(3)13-14-21(24)4/h8-14,17,19,22H,15-16,18H2,1-7H3,(H,27,32)/t22-/m0/s1. The summed E-state index contributed by atoms with van der Waals surface area (Å²) < 4.78 is 28.8. The van der Waals surface area contributed by atoms with E-state index in [0.717, 1.165) is 25.3 Å². The number of aryl methyl sites for hydroxylation is 2. The van der Waals surface area contributed by atoms with Crippen molar-refractivity contribution in [2.24, 2.45) is 0 Å². The minimum absolute atomic E-state index is 0.0865. The van der Waals surface area contributed by atoms with E-state index in [1.54, 1.807) is 13.0 Å². The lowest BCUT2D eigenvalue weighted by molar-refractivity contribution is -0.139. The molecule has 0 aliphatic rings. The molecule has 192 valence electrons. The van der Waals surface area contributed by atoms with Crippen LogP contribution >= 0.6 is 0 Å². The van der Waals surface area contributed by atoms with Crippen LogP contribution in [0.5, 0.6) is 0 Å². The first kappa shape index (κ1) is 28.3. The SMILES string of the molecule is Cc1ccc(C)c(N(CC(=O)N(CCc2ccccc2)[C@@H](C)C(=O)NC(C)C)S(=O)(=O)N(C)C)c1. The van der Waals surface area contributed by atoms with Crippen molar-refractivity contribution in [2.45, 2.75) is 53.1 Å². The van der Waals surface area contributed by atoms with Gasteiger partial charge in [-0.15, -0.1) is 0 Å². The van der Waals surface area contributed by atoms with Crippen LogP contribution in [0, 0.1) is 13.8 Å². The number of amides is 2. The van der Waals surface area contributed by atoms with Gasteiger partial charge in [0.2, 0.25) is 11.8 Å². The zero-order chi connectivity index (χ0) is 26.3. The Balaban J connectivity index is 2.43. The summed E-state index contributed by atoms with van der Waals surface area (Å²) in [5, 5.41) is 2.85. The quantitative estimate of drug-likeness (QED) is 0.512. The third-order valence-corrected chi connectivity index (χ3v) is 7.54. The van der Waals surface area contributed by atoms with Crippen LogP contribution in [0.3, 0.4) is 0 Å². The molecule has 0 bridgehead atoms. The third-order valence-electron chi connectivity index (χ3n) is 5.73. The maximum atomic E-state index is 13.7. The molecule has 8 nitrogen and oxygen atoms in total. The van der Waals surface area contributed by atoms with Crippen molar-refractivity contribution in [3.05, 3.63) is 65.2 Å². The second-order valence-electron chi connectivity index (χ2n) is 9.25. The Bertz CT molecular complexity index is 1120. The molecule has 2 aromatic carbocycles. The monoisotopic (exact) mass is 502 g/mol. The van der Waals surface area contributed by atoms with E-state index in [4.69, 9.17) is 0 Å². The maximum absolute atomic E-state index is 13.7. The molecule has 0 aliphatic heterocycles. The minimum atomic E-state index is -3.97. The first-order valence-corrected chi connectivity index (χ1v) is 13.2. The van der Waals surface area contributed by atoms with Crippen LogP contribution in [-0.2, 0) is 26.2 Å². The summed E-state index contributed by atoms with van der Waals surface area (Å²) in [4.78, 5) is 28.0. The van der Waals surface area contributed by atoms with Crippen molar-refractivity contribution < 1.29 is 18.0 Å². The summed E-state index contributed by atoms with van der Waals surface area (Å²) in [7, 11) is -1.10. The summed E-state index contributed by atoms with van der Waals surface area (Å²) in [6.07, 6.45) is 0.537. The zero-order valence-corrected chi connectivity index (χ0v) is 22.6. The second kappa shape index (κ2) is 12.2. The van der Waals surface area contributed by atoms with Gasteiger partial charge in [-0.05, 0) is 63.8 Å². The predicted octanol–water partition coefficient (Wildman–Crippen LogP) is 2.90. The van der Waals surface area contributed by atoms with Crippen molar-refractivity contribution in [3.8, 4) is 0 Å². The number of nitrogens with one attached hydrogen (secondary N) is 1. The molecular weight excluding hydrogens is 464 g/mol. The Hall–Kier alpha value is -2.91. The molecule has 0 unspecified atom stereocenters. The minimum Gasteiger partial charge on any atom is -0.352 e. The molecule has 2 amide bonds. The molecule has 2 rings (SSSR count). The molecule has 0 radical (unpaired) electrons. The number of carbonyl (C=O) groups excluding carboxylic acids is 2.